The van der Waals surface area contributed by atoms with Crippen LogP contribution in [0.3, 0.4) is 0 Å². The number of rotatable bonds is 4. The maximum Gasteiger partial charge on any atom is 0.0695 e. The molecule has 2 saturated carbocycles. The maximum absolute atomic E-state index is 9.59. The van der Waals surface area contributed by atoms with Crippen LogP contribution in [0.1, 0.15) is 25.7 Å². The first-order valence-corrected chi connectivity index (χ1v) is 4.65. The Morgan fingerprint density at radius 1 is 1.36 bits per heavy atom. The maximum atomic E-state index is 9.59. The van der Waals surface area contributed by atoms with Crippen LogP contribution in [0.5, 0.6) is 0 Å². The predicted octanol–water partition coefficient (Wildman–Crippen LogP) is 0.851. The molecule has 1 atom stereocenters. The fourth-order valence-electron chi connectivity index (χ4n) is 1.59. The van der Waals surface area contributed by atoms with Crippen LogP contribution >= 0.6 is 0 Å². The van der Waals surface area contributed by atoms with Gasteiger partial charge in [0, 0.05) is 12.6 Å². The molecule has 0 aromatic heterocycles. The molecule has 2 aliphatic carbocycles. The minimum atomic E-state index is -0.0411. The molecule has 0 aromatic carbocycles. The van der Waals surface area contributed by atoms with Gasteiger partial charge in [0.15, 0.2) is 0 Å². The van der Waals surface area contributed by atoms with E-state index in [2.05, 4.69) is 11.9 Å². The highest BCUT2D eigenvalue weighted by molar-refractivity contribution is 4.87. The van der Waals surface area contributed by atoms with Gasteiger partial charge in [-0.15, -0.1) is 0 Å². The summed E-state index contributed by atoms with van der Waals surface area (Å²) in [5.41, 5.74) is 0. The van der Waals surface area contributed by atoms with Crippen molar-refractivity contribution in [2.75, 3.05) is 13.6 Å². The van der Waals surface area contributed by atoms with E-state index < -0.39 is 0 Å². The summed E-state index contributed by atoms with van der Waals surface area (Å²) in [6, 6.07) is 0.795. The van der Waals surface area contributed by atoms with Gasteiger partial charge in [-0.3, -0.25) is 0 Å². The highest BCUT2D eigenvalue weighted by atomic mass is 16.3. The van der Waals surface area contributed by atoms with Crippen molar-refractivity contribution in [2.24, 2.45) is 5.92 Å². The van der Waals surface area contributed by atoms with Gasteiger partial charge in [-0.25, -0.2) is 0 Å². The molecule has 11 heavy (non-hydrogen) atoms. The van der Waals surface area contributed by atoms with E-state index >= 15 is 0 Å². The first-order chi connectivity index (χ1) is 5.27. The first kappa shape index (κ1) is 7.56. The molecule has 0 amide bonds. The quantitative estimate of drug-likeness (QED) is 0.650. The SMILES string of the molecule is CN(CC(O)C1CC1)C1CC1. The Morgan fingerprint density at radius 2 is 2.00 bits per heavy atom. The van der Waals surface area contributed by atoms with Gasteiger partial charge in [-0.2, -0.15) is 0 Å². The van der Waals surface area contributed by atoms with Gasteiger partial charge >= 0.3 is 0 Å². The van der Waals surface area contributed by atoms with Gasteiger partial charge < -0.3 is 10.0 Å². The van der Waals surface area contributed by atoms with Crippen LogP contribution in [0.2, 0.25) is 0 Å². The second kappa shape index (κ2) is 2.76. The predicted molar refractivity (Wildman–Crippen MR) is 44.4 cm³/mol. The van der Waals surface area contributed by atoms with E-state index in [4.69, 9.17) is 0 Å². The molecule has 2 nitrogen and oxygen atoms in total. The van der Waals surface area contributed by atoms with Crippen LogP contribution in [-0.2, 0) is 0 Å². The van der Waals surface area contributed by atoms with Crippen molar-refractivity contribution < 1.29 is 5.11 Å². The summed E-state index contributed by atoms with van der Waals surface area (Å²) in [7, 11) is 2.13. The van der Waals surface area contributed by atoms with Gasteiger partial charge in [0.1, 0.15) is 0 Å². The lowest BCUT2D eigenvalue weighted by molar-refractivity contribution is 0.104. The molecule has 0 heterocycles. The topological polar surface area (TPSA) is 23.5 Å². The van der Waals surface area contributed by atoms with Crippen molar-refractivity contribution in [1.29, 1.82) is 0 Å². The number of hydrogen-bond donors (Lipinski definition) is 1. The summed E-state index contributed by atoms with van der Waals surface area (Å²) in [4.78, 5) is 2.31. The Labute approximate surface area is 68.2 Å². The molecule has 0 saturated heterocycles. The zero-order valence-electron chi connectivity index (χ0n) is 7.16. The summed E-state index contributed by atoms with van der Waals surface area (Å²) >= 11 is 0. The highest BCUT2D eigenvalue weighted by Crippen LogP contribution is 2.34. The minimum Gasteiger partial charge on any atom is -0.392 e. The van der Waals surface area contributed by atoms with Crippen molar-refractivity contribution in [3.63, 3.8) is 0 Å². The van der Waals surface area contributed by atoms with Gasteiger partial charge in [-0.1, -0.05) is 0 Å². The van der Waals surface area contributed by atoms with Gasteiger partial charge in [0.05, 0.1) is 6.10 Å². The van der Waals surface area contributed by atoms with Crippen molar-refractivity contribution in [3.05, 3.63) is 0 Å². The van der Waals surface area contributed by atoms with Crippen molar-refractivity contribution in [2.45, 2.75) is 37.8 Å². The van der Waals surface area contributed by atoms with Gasteiger partial charge in [0.25, 0.3) is 0 Å². The third kappa shape index (κ3) is 1.94. The standard InChI is InChI=1S/C9H17NO/c1-10(8-4-5-8)6-9(11)7-2-3-7/h7-9,11H,2-6H2,1H3. The Morgan fingerprint density at radius 3 is 2.45 bits per heavy atom. The van der Waals surface area contributed by atoms with Crippen molar-refractivity contribution >= 4 is 0 Å². The van der Waals surface area contributed by atoms with E-state index in [1.54, 1.807) is 0 Å². The lowest BCUT2D eigenvalue weighted by Crippen LogP contribution is -2.31. The molecule has 2 rings (SSSR count). The van der Waals surface area contributed by atoms with Crippen LogP contribution in [0.25, 0.3) is 0 Å². The summed E-state index contributed by atoms with van der Waals surface area (Å²) in [5, 5.41) is 9.59. The van der Waals surface area contributed by atoms with Crippen molar-refractivity contribution in [1.82, 2.24) is 4.90 Å². The number of likely N-dealkylation sites (N-methyl/N-ethyl adjacent to an activating group) is 1. The molecular weight excluding hydrogens is 138 g/mol. The van der Waals surface area contributed by atoms with E-state index in [1.807, 2.05) is 0 Å². The summed E-state index contributed by atoms with van der Waals surface area (Å²) in [6.45, 7) is 0.898. The average Bonchev–Trinajstić information content (AvgIpc) is 2.84. The number of hydrogen-bond acceptors (Lipinski definition) is 2. The van der Waals surface area contributed by atoms with Gasteiger partial charge in [-0.05, 0) is 38.6 Å². The smallest absolute Gasteiger partial charge is 0.0695 e. The molecule has 0 aromatic rings. The molecule has 0 bridgehead atoms. The normalized spacial score (nSPS) is 27.5. The van der Waals surface area contributed by atoms with E-state index in [0.29, 0.717) is 5.92 Å². The molecule has 64 valence electrons. The third-order valence-corrected chi connectivity index (χ3v) is 2.81. The fraction of sp³-hybridized carbons (Fsp3) is 1.00. The molecule has 2 aliphatic rings. The highest BCUT2D eigenvalue weighted by Gasteiger charge is 2.33. The molecule has 1 unspecified atom stereocenters. The number of aliphatic hydroxyl groups is 1. The Balaban J connectivity index is 1.69. The summed E-state index contributed by atoms with van der Waals surface area (Å²) in [6.07, 6.45) is 5.14. The zero-order chi connectivity index (χ0) is 7.84. The van der Waals surface area contributed by atoms with Crippen molar-refractivity contribution in [3.8, 4) is 0 Å². The van der Waals surface area contributed by atoms with Crippen LogP contribution in [0, 0.1) is 5.92 Å². The lowest BCUT2D eigenvalue weighted by atomic mass is 10.2. The Kier molecular flexibility index (Phi) is 1.90. The fourth-order valence-corrected chi connectivity index (χ4v) is 1.59. The second-order valence-corrected chi connectivity index (χ2v) is 4.08. The molecule has 0 radical (unpaired) electrons. The Bertz CT molecular complexity index is 124. The number of aliphatic hydroxyl groups excluding tert-OH is 1. The zero-order valence-corrected chi connectivity index (χ0v) is 7.16. The monoisotopic (exact) mass is 155 g/mol. The van der Waals surface area contributed by atoms with E-state index in [1.165, 1.54) is 25.7 Å². The van der Waals surface area contributed by atoms with Crippen LogP contribution in [0.4, 0.5) is 0 Å². The molecule has 2 fully saturated rings. The molecular formula is C9H17NO. The van der Waals surface area contributed by atoms with E-state index in [-0.39, 0.29) is 6.10 Å². The summed E-state index contributed by atoms with van der Waals surface area (Å²) < 4.78 is 0. The molecule has 0 aliphatic heterocycles. The van der Waals surface area contributed by atoms with Crippen LogP contribution in [-0.4, -0.2) is 35.7 Å². The third-order valence-electron chi connectivity index (χ3n) is 2.81. The van der Waals surface area contributed by atoms with Gasteiger partial charge in [0.2, 0.25) is 0 Å². The molecule has 1 N–H and O–H groups in total. The largest absolute Gasteiger partial charge is 0.392 e. The van der Waals surface area contributed by atoms with E-state index in [9.17, 15) is 5.11 Å². The molecule has 2 heteroatoms. The van der Waals surface area contributed by atoms with E-state index in [0.717, 1.165) is 12.6 Å². The number of nitrogens with zero attached hydrogens (tertiary/aromatic N) is 1. The van der Waals surface area contributed by atoms with Crippen LogP contribution in [0.15, 0.2) is 0 Å². The molecule has 0 spiro atoms. The van der Waals surface area contributed by atoms with Crippen LogP contribution < -0.4 is 0 Å². The lowest BCUT2D eigenvalue weighted by Gasteiger charge is -2.19. The minimum absolute atomic E-state index is 0.0411. The first-order valence-electron chi connectivity index (χ1n) is 4.65. The second-order valence-electron chi connectivity index (χ2n) is 4.08. The Hall–Kier alpha value is -0.0800. The summed E-state index contributed by atoms with van der Waals surface area (Å²) in [5.74, 6) is 0.635. The average molecular weight is 155 g/mol.